The van der Waals surface area contributed by atoms with Crippen molar-refractivity contribution < 1.29 is 4.74 Å². The Morgan fingerprint density at radius 2 is 1.83 bits per heavy atom. The highest BCUT2D eigenvalue weighted by atomic mass is 16.5. The van der Waals surface area contributed by atoms with Gasteiger partial charge in [0.1, 0.15) is 5.75 Å². The summed E-state index contributed by atoms with van der Waals surface area (Å²) in [6.45, 7) is 6.28. The number of nitrogens with two attached hydrogens (primary N) is 1. The van der Waals surface area contributed by atoms with E-state index in [4.69, 9.17) is 10.5 Å². The number of benzene rings is 1. The van der Waals surface area contributed by atoms with Crippen LogP contribution in [0, 0.1) is 5.92 Å². The van der Waals surface area contributed by atoms with E-state index in [9.17, 15) is 0 Å². The van der Waals surface area contributed by atoms with Crippen molar-refractivity contribution in [2.24, 2.45) is 11.7 Å². The Bertz CT molecular complexity index is 335. The molecule has 1 atom stereocenters. The van der Waals surface area contributed by atoms with Gasteiger partial charge >= 0.3 is 0 Å². The summed E-state index contributed by atoms with van der Waals surface area (Å²) in [6, 6.07) is 8.45. The van der Waals surface area contributed by atoms with E-state index in [0.717, 1.165) is 25.3 Å². The molecule has 0 aliphatic carbocycles. The molecular weight excluding hydrogens is 224 g/mol. The van der Waals surface area contributed by atoms with Crippen LogP contribution in [-0.2, 0) is 6.54 Å². The van der Waals surface area contributed by atoms with Crippen molar-refractivity contribution in [3.05, 3.63) is 29.8 Å². The molecule has 0 spiro atoms. The summed E-state index contributed by atoms with van der Waals surface area (Å²) >= 11 is 0. The highest BCUT2D eigenvalue weighted by molar-refractivity contribution is 5.27. The minimum atomic E-state index is 0.258. The quantitative estimate of drug-likeness (QED) is 0.808. The van der Waals surface area contributed by atoms with Crippen molar-refractivity contribution in [1.29, 1.82) is 0 Å². The molecule has 0 saturated carbocycles. The van der Waals surface area contributed by atoms with Crippen LogP contribution in [0.1, 0.15) is 25.8 Å². The molecule has 3 nitrogen and oxygen atoms in total. The van der Waals surface area contributed by atoms with Crippen molar-refractivity contribution in [2.75, 3.05) is 20.7 Å². The third kappa shape index (κ3) is 5.52. The SMILES string of the molecule is COc1ccc(CN(C)CC(N)CC(C)C)cc1. The van der Waals surface area contributed by atoms with E-state index in [1.807, 2.05) is 12.1 Å². The molecule has 0 radical (unpaired) electrons. The summed E-state index contributed by atoms with van der Waals surface area (Å²) in [5.74, 6) is 1.56. The predicted molar refractivity (Wildman–Crippen MR) is 76.8 cm³/mol. The minimum Gasteiger partial charge on any atom is -0.497 e. The number of likely N-dealkylation sites (N-methyl/N-ethyl adjacent to an activating group) is 1. The van der Waals surface area contributed by atoms with Gasteiger partial charge in [-0.3, -0.25) is 0 Å². The summed E-state index contributed by atoms with van der Waals surface area (Å²) in [5.41, 5.74) is 7.40. The second-order valence-corrected chi connectivity index (χ2v) is 5.43. The molecule has 0 saturated heterocycles. The monoisotopic (exact) mass is 250 g/mol. The van der Waals surface area contributed by atoms with Crippen molar-refractivity contribution in [1.82, 2.24) is 4.90 Å². The maximum absolute atomic E-state index is 6.11. The zero-order valence-electron chi connectivity index (χ0n) is 12.0. The molecule has 3 heteroatoms. The average Bonchev–Trinajstić information content (AvgIpc) is 2.28. The molecule has 0 fully saturated rings. The third-order valence-corrected chi connectivity index (χ3v) is 2.93. The van der Waals surface area contributed by atoms with E-state index in [1.165, 1.54) is 5.56 Å². The normalized spacial score (nSPS) is 13.1. The van der Waals surface area contributed by atoms with Crippen molar-refractivity contribution in [3.8, 4) is 5.75 Å². The Labute approximate surface area is 111 Å². The van der Waals surface area contributed by atoms with Crippen LogP contribution in [0.4, 0.5) is 0 Å². The molecule has 0 heterocycles. The second-order valence-electron chi connectivity index (χ2n) is 5.43. The van der Waals surface area contributed by atoms with Crippen LogP contribution in [0.15, 0.2) is 24.3 Å². The van der Waals surface area contributed by atoms with Gasteiger partial charge in [0.2, 0.25) is 0 Å². The second kappa shape index (κ2) is 7.39. The smallest absolute Gasteiger partial charge is 0.118 e. The minimum absolute atomic E-state index is 0.258. The third-order valence-electron chi connectivity index (χ3n) is 2.93. The number of rotatable bonds is 7. The lowest BCUT2D eigenvalue weighted by atomic mass is 10.0. The van der Waals surface area contributed by atoms with E-state index in [0.29, 0.717) is 5.92 Å². The van der Waals surface area contributed by atoms with Crippen LogP contribution >= 0.6 is 0 Å². The van der Waals surface area contributed by atoms with Crippen molar-refractivity contribution in [3.63, 3.8) is 0 Å². The lowest BCUT2D eigenvalue weighted by Crippen LogP contribution is -2.35. The Morgan fingerprint density at radius 1 is 1.22 bits per heavy atom. The zero-order valence-corrected chi connectivity index (χ0v) is 12.0. The van der Waals surface area contributed by atoms with Gasteiger partial charge in [-0.05, 0) is 37.1 Å². The maximum Gasteiger partial charge on any atom is 0.118 e. The number of methoxy groups -OCH3 is 1. The van der Waals surface area contributed by atoms with E-state index in [2.05, 4.69) is 37.9 Å². The van der Waals surface area contributed by atoms with Crippen LogP contribution in [0.25, 0.3) is 0 Å². The average molecular weight is 250 g/mol. The predicted octanol–water partition coefficient (Wildman–Crippen LogP) is 2.50. The Kier molecular flexibility index (Phi) is 6.16. The first-order valence-electron chi connectivity index (χ1n) is 6.58. The highest BCUT2D eigenvalue weighted by Crippen LogP contribution is 2.13. The molecule has 1 unspecified atom stereocenters. The van der Waals surface area contributed by atoms with Gasteiger partial charge in [-0.25, -0.2) is 0 Å². The lowest BCUT2D eigenvalue weighted by molar-refractivity contribution is 0.287. The fraction of sp³-hybridized carbons (Fsp3) is 0.600. The van der Waals surface area contributed by atoms with Gasteiger partial charge < -0.3 is 15.4 Å². The molecule has 0 aromatic heterocycles. The van der Waals surface area contributed by atoms with Crippen LogP contribution < -0.4 is 10.5 Å². The highest BCUT2D eigenvalue weighted by Gasteiger charge is 2.09. The molecule has 1 aromatic carbocycles. The molecule has 1 rings (SSSR count). The molecule has 0 bridgehead atoms. The topological polar surface area (TPSA) is 38.5 Å². The van der Waals surface area contributed by atoms with Gasteiger partial charge in [0.05, 0.1) is 7.11 Å². The molecule has 18 heavy (non-hydrogen) atoms. The van der Waals surface area contributed by atoms with E-state index < -0.39 is 0 Å². The lowest BCUT2D eigenvalue weighted by Gasteiger charge is -2.22. The maximum atomic E-state index is 6.11. The molecule has 0 amide bonds. The largest absolute Gasteiger partial charge is 0.497 e. The number of ether oxygens (including phenoxy) is 1. The summed E-state index contributed by atoms with van der Waals surface area (Å²) in [4.78, 5) is 2.27. The molecule has 102 valence electrons. The van der Waals surface area contributed by atoms with Crippen molar-refractivity contribution in [2.45, 2.75) is 32.9 Å². The fourth-order valence-electron chi connectivity index (χ4n) is 2.19. The van der Waals surface area contributed by atoms with Crippen LogP contribution in [0.5, 0.6) is 5.75 Å². The Morgan fingerprint density at radius 3 is 2.33 bits per heavy atom. The summed E-state index contributed by atoms with van der Waals surface area (Å²) in [7, 11) is 3.80. The first-order valence-corrected chi connectivity index (χ1v) is 6.58. The molecule has 0 aliphatic rings. The number of hydrogen-bond acceptors (Lipinski definition) is 3. The first-order chi connectivity index (χ1) is 8.51. The zero-order chi connectivity index (χ0) is 13.5. The summed E-state index contributed by atoms with van der Waals surface area (Å²) < 4.78 is 5.15. The van der Waals surface area contributed by atoms with Crippen LogP contribution in [0.2, 0.25) is 0 Å². The van der Waals surface area contributed by atoms with Gasteiger partial charge in [-0.15, -0.1) is 0 Å². The summed E-state index contributed by atoms with van der Waals surface area (Å²) in [6.07, 6.45) is 1.08. The number of nitrogens with zero attached hydrogens (tertiary/aromatic N) is 1. The van der Waals surface area contributed by atoms with Gasteiger partial charge in [0, 0.05) is 19.1 Å². The molecule has 0 aliphatic heterocycles. The van der Waals surface area contributed by atoms with E-state index in [1.54, 1.807) is 7.11 Å². The van der Waals surface area contributed by atoms with Crippen molar-refractivity contribution >= 4 is 0 Å². The van der Waals surface area contributed by atoms with E-state index >= 15 is 0 Å². The fourth-order valence-corrected chi connectivity index (χ4v) is 2.19. The Hall–Kier alpha value is -1.06. The standard InChI is InChI=1S/C15H26N2O/c1-12(2)9-14(16)11-17(3)10-13-5-7-15(18-4)8-6-13/h5-8,12,14H,9-11,16H2,1-4H3. The molecule has 1 aromatic rings. The van der Waals surface area contributed by atoms with Gasteiger partial charge in [-0.1, -0.05) is 26.0 Å². The first kappa shape index (κ1) is 15.0. The Balaban J connectivity index is 2.41. The molecular formula is C15H26N2O. The van der Waals surface area contributed by atoms with Gasteiger partial charge in [0.15, 0.2) is 0 Å². The van der Waals surface area contributed by atoms with Crippen LogP contribution in [-0.4, -0.2) is 31.6 Å². The van der Waals surface area contributed by atoms with E-state index in [-0.39, 0.29) is 6.04 Å². The molecule has 2 N–H and O–H groups in total. The number of hydrogen-bond donors (Lipinski definition) is 1. The van der Waals surface area contributed by atoms with Gasteiger partial charge in [0.25, 0.3) is 0 Å². The van der Waals surface area contributed by atoms with Crippen LogP contribution in [0.3, 0.4) is 0 Å². The van der Waals surface area contributed by atoms with Gasteiger partial charge in [-0.2, -0.15) is 0 Å². The summed E-state index contributed by atoms with van der Waals surface area (Å²) in [5, 5.41) is 0.